The summed E-state index contributed by atoms with van der Waals surface area (Å²) in [5, 5.41) is 2.49. The molecule has 2 fully saturated rings. The molecule has 2 amide bonds. The minimum Gasteiger partial charge on any atom is -0.444 e. The quantitative estimate of drug-likeness (QED) is 0.647. The molecule has 1 saturated carbocycles. The number of nitrogens with zero attached hydrogens (tertiary/aromatic N) is 1. The average Bonchev–Trinajstić information content (AvgIpc) is 3.07. The van der Waals surface area contributed by atoms with E-state index >= 15 is 0 Å². The van der Waals surface area contributed by atoms with E-state index in [4.69, 9.17) is 4.74 Å². The average molecular weight is 417 g/mol. The topological polar surface area (TPSA) is 75.7 Å². The number of carbonyl (C=O) groups excluding carboxylic acids is 3. The van der Waals surface area contributed by atoms with E-state index in [-0.39, 0.29) is 11.0 Å². The Hall–Kier alpha value is -0.890. The summed E-state index contributed by atoms with van der Waals surface area (Å²) >= 11 is 5.47. The van der Waals surface area contributed by atoms with Crippen molar-refractivity contribution in [2.45, 2.75) is 83.4 Å². The van der Waals surface area contributed by atoms with Crippen molar-refractivity contribution >= 4 is 41.5 Å². The van der Waals surface area contributed by atoms with Gasteiger partial charge < -0.3 is 10.1 Å². The van der Waals surface area contributed by atoms with Gasteiger partial charge in [0.15, 0.2) is 0 Å². The summed E-state index contributed by atoms with van der Waals surface area (Å²) in [6, 6.07) is -1.22. The van der Waals surface area contributed by atoms with Gasteiger partial charge in [0.2, 0.25) is 11.0 Å². The third kappa shape index (κ3) is 7.22. The maximum absolute atomic E-state index is 12.7. The highest BCUT2D eigenvalue weighted by Crippen LogP contribution is 2.28. The van der Waals surface area contributed by atoms with Gasteiger partial charge in [0.05, 0.1) is 11.9 Å². The molecule has 0 radical (unpaired) electrons. The van der Waals surface area contributed by atoms with Crippen molar-refractivity contribution in [3.63, 3.8) is 0 Å². The summed E-state index contributed by atoms with van der Waals surface area (Å²) in [5.41, 5.74) is -0.616. The molecule has 2 aliphatic rings. The molecule has 2 rings (SSSR count). The Labute approximate surface area is 171 Å². The third-order valence-corrected chi connectivity index (χ3v) is 6.34. The Morgan fingerprint density at radius 1 is 1.22 bits per heavy atom. The molecule has 0 aromatic rings. The van der Waals surface area contributed by atoms with Crippen LogP contribution >= 0.6 is 24.4 Å². The van der Waals surface area contributed by atoms with Gasteiger partial charge in [0, 0.05) is 5.75 Å². The Morgan fingerprint density at radius 3 is 2.48 bits per heavy atom. The highest BCUT2D eigenvalue weighted by molar-refractivity contribution is 7.99. The number of thioether (sulfide) groups is 1. The fourth-order valence-corrected chi connectivity index (χ4v) is 4.90. The number of nitrogens with one attached hydrogen (secondary N) is 1. The van der Waals surface area contributed by atoms with E-state index in [2.05, 4.69) is 17.9 Å². The van der Waals surface area contributed by atoms with Gasteiger partial charge in [-0.15, -0.1) is 24.4 Å². The van der Waals surface area contributed by atoms with E-state index in [0.717, 1.165) is 6.42 Å². The highest BCUT2D eigenvalue weighted by atomic mass is 32.2. The summed E-state index contributed by atoms with van der Waals surface area (Å²) in [6.45, 7) is 5.39. The first-order valence-electron chi connectivity index (χ1n) is 9.78. The van der Waals surface area contributed by atoms with Crippen LogP contribution in [-0.4, -0.2) is 51.3 Å². The van der Waals surface area contributed by atoms with E-state index in [1.54, 1.807) is 20.8 Å². The normalized spacial score (nSPS) is 22.4. The Balaban J connectivity index is 1.91. The second kappa shape index (κ2) is 10.0. The maximum atomic E-state index is 12.7. The van der Waals surface area contributed by atoms with Crippen LogP contribution in [0.4, 0.5) is 4.79 Å². The zero-order valence-corrected chi connectivity index (χ0v) is 18.2. The summed E-state index contributed by atoms with van der Waals surface area (Å²) < 4.78 is 5.39. The minimum absolute atomic E-state index is 0.304. The second-order valence-corrected chi connectivity index (χ2v) is 9.89. The molecule has 1 aliphatic heterocycles. The van der Waals surface area contributed by atoms with Crippen molar-refractivity contribution in [1.82, 2.24) is 10.2 Å². The molecule has 0 bridgehead atoms. The summed E-state index contributed by atoms with van der Waals surface area (Å²) in [5.74, 6) is 1.24. The number of carbonyl (C=O) groups is 3. The zero-order valence-electron chi connectivity index (χ0n) is 16.5. The second-order valence-electron chi connectivity index (χ2n) is 8.45. The van der Waals surface area contributed by atoms with Gasteiger partial charge in [-0.25, -0.2) is 4.79 Å². The Bertz CT molecular complexity index is 544. The van der Waals surface area contributed by atoms with Crippen LogP contribution in [0.3, 0.4) is 0 Å². The number of thiol groups is 1. The Morgan fingerprint density at radius 2 is 1.89 bits per heavy atom. The van der Waals surface area contributed by atoms with Crippen molar-refractivity contribution in [3.05, 3.63) is 0 Å². The van der Waals surface area contributed by atoms with E-state index in [1.165, 1.54) is 48.8 Å². The van der Waals surface area contributed by atoms with Crippen molar-refractivity contribution in [1.29, 1.82) is 0 Å². The molecule has 1 aliphatic carbocycles. The van der Waals surface area contributed by atoms with Crippen molar-refractivity contribution < 1.29 is 19.1 Å². The SMILES string of the molecule is CC(C)(C)OC(=O)N1CSC[C@H]1C(=O)N[C@H](CCC1CCCCC1)C(=O)S. The number of amides is 2. The molecule has 0 aromatic heterocycles. The van der Waals surface area contributed by atoms with Gasteiger partial charge >= 0.3 is 6.09 Å². The van der Waals surface area contributed by atoms with E-state index < -0.39 is 23.8 Å². The largest absolute Gasteiger partial charge is 0.444 e. The van der Waals surface area contributed by atoms with Gasteiger partial charge in [0.1, 0.15) is 11.6 Å². The predicted molar refractivity (Wildman–Crippen MR) is 111 cm³/mol. The molecule has 27 heavy (non-hydrogen) atoms. The van der Waals surface area contributed by atoms with Crippen LogP contribution in [0.15, 0.2) is 0 Å². The lowest BCUT2D eigenvalue weighted by atomic mass is 9.85. The molecule has 1 saturated heterocycles. The van der Waals surface area contributed by atoms with Crippen molar-refractivity contribution in [2.75, 3.05) is 11.6 Å². The molecule has 8 heteroatoms. The first-order valence-corrected chi connectivity index (χ1v) is 11.4. The Kier molecular flexibility index (Phi) is 8.34. The first kappa shape index (κ1) is 22.4. The number of hydrogen-bond donors (Lipinski definition) is 2. The summed E-state index contributed by atoms with van der Waals surface area (Å²) in [4.78, 5) is 38.4. The molecule has 154 valence electrons. The van der Waals surface area contributed by atoms with Crippen LogP contribution in [0.25, 0.3) is 0 Å². The van der Waals surface area contributed by atoms with Crippen LogP contribution in [0.5, 0.6) is 0 Å². The molecule has 1 N–H and O–H groups in total. The van der Waals surface area contributed by atoms with Crippen LogP contribution in [0, 0.1) is 5.92 Å². The fourth-order valence-electron chi connectivity index (χ4n) is 3.56. The number of ether oxygens (including phenoxy) is 1. The van der Waals surface area contributed by atoms with E-state index in [1.807, 2.05) is 0 Å². The van der Waals surface area contributed by atoms with Gasteiger partial charge in [-0.3, -0.25) is 14.5 Å². The predicted octanol–water partition coefficient (Wildman–Crippen LogP) is 3.60. The smallest absolute Gasteiger partial charge is 0.411 e. The number of hydrogen-bond acceptors (Lipinski definition) is 5. The first-order chi connectivity index (χ1) is 12.7. The zero-order chi connectivity index (χ0) is 20.0. The van der Waals surface area contributed by atoms with Gasteiger partial charge in [-0.1, -0.05) is 32.1 Å². The van der Waals surface area contributed by atoms with Gasteiger partial charge in [0.25, 0.3) is 0 Å². The van der Waals surface area contributed by atoms with Gasteiger partial charge in [-0.05, 0) is 39.5 Å². The van der Waals surface area contributed by atoms with Crippen molar-refractivity contribution in [2.24, 2.45) is 5.92 Å². The minimum atomic E-state index is -0.616. The lowest BCUT2D eigenvalue weighted by Crippen LogP contribution is -2.52. The van der Waals surface area contributed by atoms with Crippen LogP contribution in [0.2, 0.25) is 0 Å². The fraction of sp³-hybridized carbons (Fsp3) is 0.842. The molecule has 0 aromatic carbocycles. The molecule has 0 spiro atoms. The van der Waals surface area contributed by atoms with Crippen LogP contribution in [0.1, 0.15) is 65.7 Å². The summed E-state index contributed by atoms with van der Waals surface area (Å²) in [6.07, 6.45) is 7.23. The molecule has 2 atom stereocenters. The third-order valence-electron chi connectivity index (χ3n) is 5.02. The van der Waals surface area contributed by atoms with Gasteiger partial charge in [-0.2, -0.15) is 0 Å². The van der Waals surface area contributed by atoms with E-state index in [0.29, 0.717) is 24.0 Å². The summed E-state index contributed by atoms with van der Waals surface area (Å²) in [7, 11) is 0. The lowest BCUT2D eigenvalue weighted by Gasteiger charge is -2.28. The lowest BCUT2D eigenvalue weighted by molar-refractivity contribution is -0.128. The maximum Gasteiger partial charge on any atom is 0.411 e. The highest BCUT2D eigenvalue weighted by Gasteiger charge is 2.38. The standard InChI is InChI=1S/C19H32N2O4S2/c1-19(2,3)25-18(24)21-12-27-11-15(21)16(22)20-14(17(23)26)10-9-13-7-5-4-6-8-13/h13-15H,4-12H2,1-3H3,(H,20,22)(H,23,26)/t14-,15+/m1/s1. The monoisotopic (exact) mass is 416 g/mol. The molecular weight excluding hydrogens is 384 g/mol. The molecular formula is C19H32N2O4S2. The molecule has 6 nitrogen and oxygen atoms in total. The number of rotatable bonds is 6. The van der Waals surface area contributed by atoms with Crippen LogP contribution < -0.4 is 5.32 Å². The van der Waals surface area contributed by atoms with E-state index in [9.17, 15) is 14.4 Å². The van der Waals surface area contributed by atoms with Crippen molar-refractivity contribution in [3.8, 4) is 0 Å². The molecule has 1 heterocycles. The molecule has 0 unspecified atom stereocenters. The van der Waals surface area contributed by atoms with Crippen LogP contribution in [-0.2, 0) is 14.3 Å².